The van der Waals surface area contributed by atoms with Crippen LogP contribution < -0.4 is 10.3 Å². The molecule has 2 heterocycles. The zero-order valence-corrected chi connectivity index (χ0v) is 12.0. The molecule has 4 heteroatoms. The van der Waals surface area contributed by atoms with Gasteiger partial charge in [0.2, 0.25) is 0 Å². The molecule has 20 heavy (non-hydrogen) atoms. The third kappa shape index (κ3) is 1.64. The summed E-state index contributed by atoms with van der Waals surface area (Å²) in [6.45, 7) is 0.927. The molecule has 2 aromatic rings. The monoisotopic (exact) mass is 281 g/mol. The molecule has 0 saturated carbocycles. The van der Waals surface area contributed by atoms with Crippen molar-refractivity contribution in [1.82, 2.24) is 5.43 Å². The molecule has 0 aliphatic carbocycles. The van der Waals surface area contributed by atoms with Gasteiger partial charge in [0.15, 0.2) is 4.87 Å². The highest BCUT2D eigenvalue weighted by Crippen LogP contribution is 2.48. The first-order valence-electron chi connectivity index (χ1n) is 6.68. The maximum atomic E-state index is 4.58. The Bertz CT molecular complexity index is 683. The molecule has 1 atom stereocenters. The number of benzene rings is 2. The van der Waals surface area contributed by atoms with Crippen LogP contribution in [-0.2, 0) is 4.87 Å². The molecule has 0 amide bonds. The minimum absolute atomic E-state index is 0.142. The van der Waals surface area contributed by atoms with E-state index in [0.717, 1.165) is 11.6 Å². The van der Waals surface area contributed by atoms with Crippen molar-refractivity contribution in [3.05, 3.63) is 65.7 Å². The van der Waals surface area contributed by atoms with Crippen LogP contribution in [0.2, 0.25) is 0 Å². The molecule has 4 rings (SSSR count). The Morgan fingerprint density at radius 3 is 2.70 bits per heavy atom. The zero-order chi connectivity index (χ0) is 13.6. The summed E-state index contributed by atoms with van der Waals surface area (Å²) in [6, 6.07) is 18.9. The maximum absolute atomic E-state index is 4.58. The number of thioether (sulfide) groups is 1. The molecule has 1 spiro atoms. The van der Waals surface area contributed by atoms with Crippen molar-refractivity contribution in [2.75, 3.05) is 18.5 Å². The molecular formula is C16H15N3S. The standard InChI is InChI=1S/C16H15N3S/c1-19-11-16(13-9-5-6-10-14(13)19)18-17-15(20-16)12-7-3-2-4-8-12/h2-10,18H,11H2,1H3. The molecule has 2 aromatic carbocycles. The van der Waals surface area contributed by atoms with E-state index >= 15 is 0 Å². The van der Waals surface area contributed by atoms with Gasteiger partial charge >= 0.3 is 0 Å². The molecule has 1 N–H and O–H groups in total. The van der Waals surface area contributed by atoms with Gasteiger partial charge in [-0.1, -0.05) is 60.3 Å². The molecule has 0 radical (unpaired) electrons. The van der Waals surface area contributed by atoms with Crippen LogP contribution in [0.25, 0.3) is 0 Å². The number of para-hydroxylation sites is 1. The lowest BCUT2D eigenvalue weighted by molar-refractivity contribution is 0.543. The summed E-state index contributed by atoms with van der Waals surface area (Å²) in [7, 11) is 2.14. The van der Waals surface area contributed by atoms with Crippen LogP contribution in [0.4, 0.5) is 5.69 Å². The van der Waals surface area contributed by atoms with Gasteiger partial charge in [0.05, 0.1) is 6.54 Å². The van der Waals surface area contributed by atoms with Gasteiger partial charge in [-0.2, -0.15) is 5.10 Å². The normalized spacial score (nSPS) is 23.6. The number of rotatable bonds is 1. The minimum Gasteiger partial charge on any atom is -0.371 e. The third-order valence-electron chi connectivity index (χ3n) is 3.84. The SMILES string of the molecule is CN1CC2(NN=C(c3ccccc3)S2)c2ccccc21. The second-order valence-corrected chi connectivity index (χ2v) is 6.48. The van der Waals surface area contributed by atoms with Crippen molar-refractivity contribution >= 4 is 22.5 Å². The predicted molar refractivity (Wildman–Crippen MR) is 85.1 cm³/mol. The maximum Gasteiger partial charge on any atom is 0.150 e. The van der Waals surface area contributed by atoms with Gasteiger partial charge in [-0.25, -0.2) is 0 Å². The highest BCUT2D eigenvalue weighted by molar-refractivity contribution is 8.15. The minimum atomic E-state index is -0.142. The first-order chi connectivity index (χ1) is 9.78. The lowest BCUT2D eigenvalue weighted by Gasteiger charge is -2.23. The molecular weight excluding hydrogens is 266 g/mol. The highest BCUT2D eigenvalue weighted by Gasteiger charge is 2.46. The van der Waals surface area contributed by atoms with Crippen LogP contribution in [0, 0.1) is 0 Å². The summed E-state index contributed by atoms with van der Waals surface area (Å²) >= 11 is 1.82. The second kappa shape index (κ2) is 4.28. The smallest absolute Gasteiger partial charge is 0.150 e. The lowest BCUT2D eigenvalue weighted by atomic mass is 10.1. The van der Waals surface area contributed by atoms with E-state index in [1.807, 2.05) is 17.8 Å². The Hall–Kier alpha value is -1.94. The first kappa shape index (κ1) is 11.9. The van der Waals surface area contributed by atoms with Crippen LogP contribution in [0.5, 0.6) is 0 Å². The number of hydrazone groups is 1. The van der Waals surface area contributed by atoms with Crippen LogP contribution in [0.1, 0.15) is 11.1 Å². The topological polar surface area (TPSA) is 27.6 Å². The molecule has 0 fully saturated rings. The van der Waals surface area contributed by atoms with E-state index in [9.17, 15) is 0 Å². The Labute approximate surface area is 122 Å². The molecule has 0 bridgehead atoms. The number of nitrogens with one attached hydrogen (secondary N) is 1. The van der Waals surface area contributed by atoms with Crippen LogP contribution in [0.3, 0.4) is 0 Å². The quantitative estimate of drug-likeness (QED) is 0.871. The van der Waals surface area contributed by atoms with E-state index in [2.05, 4.69) is 71.0 Å². The summed E-state index contributed by atoms with van der Waals surface area (Å²) in [5, 5.41) is 5.64. The molecule has 3 nitrogen and oxygen atoms in total. The highest BCUT2D eigenvalue weighted by atomic mass is 32.2. The number of likely N-dealkylation sites (N-methyl/N-ethyl adjacent to an activating group) is 1. The summed E-state index contributed by atoms with van der Waals surface area (Å²) in [5.74, 6) is 0. The van der Waals surface area contributed by atoms with E-state index in [4.69, 9.17) is 0 Å². The van der Waals surface area contributed by atoms with E-state index in [-0.39, 0.29) is 4.87 Å². The first-order valence-corrected chi connectivity index (χ1v) is 7.50. The average Bonchev–Trinajstić information content (AvgIpc) is 3.04. The van der Waals surface area contributed by atoms with Crippen molar-refractivity contribution in [3.8, 4) is 0 Å². The van der Waals surface area contributed by atoms with Crippen molar-refractivity contribution in [2.24, 2.45) is 5.10 Å². The van der Waals surface area contributed by atoms with Crippen molar-refractivity contribution in [3.63, 3.8) is 0 Å². The average molecular weight is 281 g/mol. The van der Waals surface area contributed by atoms with Gasteiger partial charge in [-0.3, -0.25) is 5.43 Å². The summed E-state index contributed by atoms with van der Waals surface area (Å²) in [4.78, 5) is 2.15. The Balaban J connectivity index is 1.71. The van der Waals surface area contributed by atoms with E-state index < -0.39 is 0 Å². The fourth-order valence-corrected chi connectivity index (χ4v) is 4.20. The van der Waals surface area contributed by atoms with Gasteiger partial charge in [-0.15, -0.1) is 0 Å². The van der Waals surface area contributed by atoms with Gasteiger partial charge in [0, 0.05) is 23.9 Å². The van der Waals surface area contributed by atoms with E-state index in [1.54, 1.807) is 0 Å². The molecule has 100 valence electrons. The summed E-state index contributed by atoms with van der Waals surface area (Å²) in [6.07, 6.45) is 0. The van der Waals surface area contributed by atoms with Crippen molar-refractivity contribution < 1.29 is 0 Å². The summed E-state index contributed by atoms with van der Waals surface area (Å²) in [5.41, 5.74) is 7.16. The predicted octanol–water partition coefficient (Wildman–Crippen LogP) is 2.99. The van der Waals surface area contributed by atoms with Crippen LogP contribution >= 0.6 is 11.8 Å². The number of fused-ring (bicyclic) bond motifs is 2. The van der Waals surface area contributed by atoms with E-state index in [1.165, 1.54) is 16.8 Å². The Morgan fingerprint density at radius 2 is 1.85 bits per heavy atom. The summed E-state index contributed by atoms with van der Waals surface area (Å²) < 4.78 is 0. The molecule has 2 aliphatic rings. The van der Waals surface area contributed by atoms with Gasteiger partial charge in [0.25, 0.3) is 0 Å². The fourth-order valence-electron chi connectivity index (χ4n) is 2.89. The van der Waals surface area contributed by atoms with Gasteiger partial charge in [-0.05, 0) is 6.07 Å². The van der Waals surface area contributed by atoms with Gasteiger partial charge in [0.1, 0.15) is 5.04 Å². The number of anilines is 1. The zero-order valence-electron chi connectivity index (χ0n) is 11.2. The van der Waals surface area contributed by atoms with Crippen molar-refractivity contribution in [1.29, 1.82) is 0 Å². The number of hydrogen-bond acceptors (Lipinski definition) is 4. The Kier molecular flexibility index (Phi) is 2.54. The lowest BCUT2D eigenvalue weighted by Crippen LogP contribution is -2.37. The molecule has 2 aliphatic heterocycles. The molecule has 0 saturated heterocycles. The van der Waals surface area contributed by atoms with Gasteiger partial charge < -0.3 is 4.90 Å². The largest absolute Gasteiger partial charge is 0.371 e. The molecule has 0 aromatic heterocycles. The second-order valence-electron chi connectivity index (χ2n) is 5.20. The van der Waals surface area contributed by atoms with Crippen molar-refractivity contribution in [2.45, 2.75) is 4.87 Å². The van der Waals surface area contributed by atoms with E-state index in [0.29, 0.717) is 0 Å². The van der Waals surface area contributed by atoms with Crippen LogP contribution in [-0.4, -0.2) is 18.6 Å². The third-order valence-corrected chi connectivity index (χ3v) is 5.15. The number of hydrogen-bond donors (Lipinski definition) is 1. The molecule has 1 unspecified atom stereocenters. The Morgan fingerprint density at radius 1 is 1.10 bits per heavy atom. The van der Waals surface area contributed by atoms with Crippen LogP contribution in [0.15, 0.2) is 59.7 Å². The number of nitrogens with zero attached hydrogens (tertiary/aromatic N) is 2. The fraction of sp³-hybridized carbons (Fsp3) is 0.188.